The molecule has 0 saturated heterocycles. The van der Waals surface area contributed by atoms with Crippen molar-refractivity contribution in [2.75, 3.05) is 59.8 Å². The van der Waals surface area contributed by atoms with E-state index in [2.05, 4.69) is 5.32 Å². The van der Waals surface area contributed by atoms with Crippen LogP contribution < -0.4 is 11.1 Å². The number of nitrogens with one attached hydrogen (secondary N) is 1. The molecular formula is C9H25ClN2O4. The van der Waals surface area contributed by atoms with Gasteiger partial charge in [0.25, 0.3) is 0 Å². The third-order valence-corrected chi connectivity index (χ3v) is 1.23. The van der Waals surface area contributed by atoms with Crippen LogP contribution >= 0.6 is 12.4 Å². The molecule has 0 amide bonds. The summed E-state index contributed by atoms with van der Waals surface area (Å²) in [7, 11) is 1.86. The molecule has 0 rings (SSSR count). The zero-order valence-corrected chi connectivity index (χ0v) is 10.7. The second kappa shape index (κ2) is 24.3. The molecule has 0 atom stereocenters. The Labute approximate surface area is 104 Å². The largest absolute Gasteiger partial charge is 0.394 e. The Morgan fingerprint density at radius 3 is 1.88 bits per heavy atom. The SMILES string of the molecule is CNCCOCCO.Cl.NCCOCCO. The smallest absolute Gasteiger partial charge is 0.0698 e. The van der Waals surface area contributed by atoms with Crippen LogP contribution in [0.15, 0.2) is 0 Å². The Bertz CT molecular complexity index is 91.6. The Hall–Kier alpha value is 0.0500. The summed E-state index contributed by atoms with van der Waals surface area (Å²) >= 11 is 0. The van der Waals surface area contributed by atoms with Gasteiger partial charge in [-0.1, -0.05) is 0 Å². The van der Waals surface area contributed by atoms with Crippen LogP contribution in [-0.2, 0) is 9.47 Å². The van der Waals surface area contributed by atoms with Crippen LogP contribution in [0, 0.1) is 0 Å². The highest BCUT2D eigenvalue weighted by molar-refractivity contribution is 5.85. The predicted octanol–water partition coefficient (Wildman–Crippen LogP) is -1.41. The lowest BCUT2D eigenvalue weighted by molar-refractivity contribution is 0.0948. The molecule has 0 aromatic rings. The van der Waals surface area contributed by atoms with Gasteiger partial charge in [0.1, 0.15) is 0 Å². The Balaban J connectivity index is -0.000000200. The standard InChI is InChI=1S/C5H13NO2.C4H11NO2.ClH/c1-6-2-4-8-5-3-7;5-1-3-7-4-2-6;/h6-7H,2-5H2,1H3;6H,1-5H2;1H. The van der Waals surface area contributed by atoms with Crippen molar-refractivity contribution in [1.82, 2.24) is 5.32 Å². The van der Waals surface area contributed by atoms with Crippen molar-refractivity contribution in [3.63, 3.8) is 0 Å². The highest BCUT2D eigenvalue weighted by Crippen LogP contribution is 1.68. The van der Waals surface area contributed by atoms with E-state index in [4.69, 9.17) is 25.4 Å². The number of ether oxygens (including phenoxy) is 2. The first kappa shape index (κ1) is 21.3. The van der Waals surface area contributed by atoms with E-state index in [1.165, 1.54) is 0 Å². The fourth-order valence-corrected chi connectivity index (χ4v) is 0.591. The molecule has 0 saturated carbocycles. The number of nitrogens with two attached hydrogens (primary N) is 1. The molecule has 0 aromatic heterocycles. The molecule has 5 N–H and O–H groups in total. The predicted molar refractivity (Wildman–Crippen MR) is 66.0 cm³/mol. The van der Waals surface area contributed by atoms with Crippen LogP contribution in [0.25, 0.3) is 0 Å². The topological polar surface area (TPSA) is 97.0 Å². The third-order valence-electron chi connectivity index (χ3n) is 1.23. The molecule has 6 nitrogen and oxygen atoms in total. The monoisotopic (exact) mass is 260 g/mol. The number of aliphatic hydroxyl groups is 2. The van der Waals surface area contributed by atoms with Gasteiger partial charge in [-0.05, 0) is 7.05 Å². The van der Waals surface area contributed by atoms with E-state index >= 15 is 0 Å². The first-order chi connectivity index (χ1) is 7.33. The molecular weight excluding hydrogens is 236 g/mol. The number of hydrogen-bond donors (Lipinski definition) is 4. The van der Waals surface area contributed by atoms with Gasteiger partial charge in [-0.25, -0.2) is 0 Å². The van der Waals surface area contributed by atoms with Crippen molar-refractivity contribution >= 4 is 12.4 Å². The number of hydrogen-bond acceptors (Lipinski definition) is 6. The maximum absolute atomic E-state index is 8.22. The lowest BCUT2D eigenvalue weighted by Crippen LogP contribution is -2.15. The Morgan fingerprint density at radius 2 is 1.50 bits per heavy atom. The van der Waals surface area contributed by atoms with E-state index in [-0.39, 0.29) is 25.6 Å². The summed E-state index contributed by atoms with van der Waals surface area (Å²) < 4.78 is 9.67. The fourth-order valence-electron chi connectivity index (χ4n) is 0.591. The summed E-state index contributed by atoms with van der Waals surface area (Å²) in [4.78, 5) is 0. The molecule has 0 radical (unpaired) electrons. The zero-order valence-electron chi connectivity index (χ0n) is 9.85. The molecule has 0 aliphatic heterocycles. The van der Waals surface area contributed by atoms with E-state index in [1.54, 1.807) is 0 Å². The van der Waals surface area contributed by atoms with Crippen molar-refractivity contribution < 1.29 is 19.7 Å². The van der Waals surface area contributed by atoms with E-state index in [0.717, 1.165) is 6.54 Å². The van der Waals surface area contributed by atoms with Crippen LogP contribution in [0.2, 0.25) is 0 Å². The van der Waals surface area contributed by atoms with Crippen molar-refractivity contribution in [2.24, 2.45) is 5.73 Å². The number of likely N-dealkylation sites (N-methyl/N-ethyl adjacent to an activating group) is 1. The number of aliphatic hydroxyl groups excluding tert-OH is 2. The van der Waals surface area contributed by atoms with Gasteiger partial charge in [-0.2, -0.15) is 0 Å². The third kappa shape index (κ3) is 29.2. The number of halogens is 1. The lowest BCUT2D eigenvalue weighted by atomic mass is 10.7. The van der Waals surface area contributed by atoms with E-state index < -0.39 is 0 Å². The summed E-state index contributed by atoms with van der Waals surface area (Å²) in [5.41, 5.74) is 5.06. The molecule has 0 unspecified atom stereocenters. The van der Waals surface area contributed by atoms with Crippen LogP contribution in [-0.4, -0.2) is 70.0 Å². The highest BCUT2D eigenvalue weighted by atomic mass is 35.5. The van der Waals surface area contributed by atoms with E-state index in [9.17, 15) is 0 Å². The van der Waals surface area contributed by atoms with Gasteiger partial charge in [0.05, 0.1) is 39.6 Å². The second-order valence-corrected chi connectivity index (χ2v) is 2.56. The van der Waals surface area contributed by atoms with Gasteiger partial charge in [-0.15, -0.1) is 12.4 Å². The van der Waals surface area contributed by atoms with E-state index in [0.29, 0.717) is 33.0 Å². The Kier molecular flexibility index (Phi) is 32.5. The van der Waals surface area contributed by atoms with Gasteiger partial charge in [0, 0.05) is 13.1 Å². The molecule has 0 fully saturated rings. The molecule has 0 aliphatic carbocycles. The van der Waals surface area contributed by atoms with Crippen molar-refractivity contribution in [3.8, 4) is 0 Å². The highest BCUT2D eigenvalue weighted by Gasteiger charge is 1.81. The zero-order chi connectivity index (χ0) is 11.8. The maximum Gasteiger partial charge on any atom is 0.0698 e. The minimum atomic E-state index is 0. The molecule has 0 aliphatic rings. The summed E-state index contributed by atoms with van der Waals surface area (Å²) in [5.74, 6) is 0. The lowest BCUT2D eigenvalue weighted by Gasteiger charge is -1.98. The molecule has 0 heterocycles. The summed E-state index contributed by atoms with van der Waals surface area (Å²) in [6, 6.07) is 0. The van der Waals surface area contributed by atoms with Gasteiger partial charge in [0.2, 0.25) is 0 Å². The van der Waals surface area contributed by atoms with Gasteiger partial charge in [0.15, 0.2) is 0 Å². The average molecular weight is 261 g/mol. The number of rotatable bonds is 9. The normalized spacial score (nSPS) is 9.00. The van der Waals surface area contributed by atoms with Crippen molar-refractivity contribution in [1.29, 1.82) is 0 Å². The van der Waals surface area contributed by atoms with E-state index in [1.807, 2.05) is 7.05 Å². The van der Waals surface area contributed by atoms with Crippen molar-refractivity contribution in [3.05, 3.63) is 0 Å². The molecule has 0 spiro atoms. The first-order valence-electron chi connectivity index (χ1n) is 5.05. The van der Waals surface area contributed by atoms with Gasteiger partial charge in [-0.3, -0.25) is 0 Å². The molecule has 102 valence electrons. The maximum atomic E-state index is 8.22. The second-order valence-electron chi connectivity index (χ2n) is 2.56. The average Bonchev–Trinajstić information content (AvgIpc) is 2.26. The summed E-state index contributed by atoms with van der Waals surface area (Å²) in [6.45, 7) is 3.64. The minimum Gasteiger partial charge on any atom is -0.394 e. The molecule has 0 aromatic carbocycles. The summed E-state index contributed by atoms with van der Waals surface area (Å²) in [6.07, 6.45) is 0. The first-order valence-corrected chi connectivity index (χ1v) is 5.05. The van der Waals surface area contributed by atoms with Crippen LogP contribution in [0.3, 0.4) is 0 Å². The Morgan fingerprint density at radius 1 is 1.00 bits per heavy atom. The molecule has 16 heavy (non-hydrogen) atoms. The van der Waals surface area contributed by atoms with Gasteiger partial charge >= 0.3 is 0 Å². The molecule has 0 bridgehead atoms. The van der Waals surface area contributed by atoms with Crippen LogP contribution in [0.5, 0.6) is 0 Å². The molecule has 7 heteroatoms. The van der Waals surface area contributed by atoms with Crippen LogP contribution in [0.4, 0.5) is 0 Å². The minimum absolute atomic E-state index is 0. The van der Waals surface area contributed by atoms with Crippen molar-refractivity contribution in [2.45, 2.75) is 0 Å². The van der Waals surface area contributed by atoms with Crippen LogP contribution in [0.1, 0.15) is 0 Å². The summed E-state index contributed by atoms with van der Waals surface area (Å²) in [5, 5.41) is 19.3. The van der Waals surface area contributed by atoms with Gasteiger partial charge < -0.3 is 30.7 Å². The fraction of sp³-hybridized carbons (Fsp3) is 1.00. The quantitative estimate of drug-likeness (QED) is 0.381.